The Morgan fingerprint density at radius 1 is 1.29 bits per heavy atom. The summed E-state index contributed by atoms with van der Waals surface area (Å²) in [6, 6.07) is 13.1. The minimum atomic E-state index is -1.36. The molecule has 0 spiro atoms. The van der Waals surface area contributed by atoms with E-state index >= 15 is 0 Å². The minimum Gasteiger partial charge on any atom is -0.497 e. The summed E-state index contributed by atoms with van der Waals surface area (Å²) in [5.74, 6) is -0.442. The molecule has 0 radical (unpaired) electrons. The summed E-state index contributed by atoms with van der Waals surface area (Å²) in [7, 11) is 1.51. The molecule has 0 unspecified atom stereocenters. The number of methoxy groups -OCH3 is 1. The first-order chi connectivity index (χ1) is 11.5. The van der Waals surface area contributed by atoms with Crippen molar-refractivity contribution in [2.75, 3.05) is 12.0 Å². The van der Waals surface area contributed by atoms with E-state index in [0.29, 0.717) is 17.0 Å². The molecule has 2 aromatic carbocycles. The SMILES string of the molecule is COc1ccc2c(c1)N(c1ccccc1F)C(=O)[C@]2(N)CCC#N. The van der Waals surface area contributed by atoms with Crippen molar-refractivity contribution in [2.45, 2.75) is 18.4 Å². The number of benzene rings is 2. The molecule has 1 aliphatic heterocycles. The van der Waals surface area contributed by atoms with E-state index in [1.165, 1.54) is 24.1 Å². The molecule has 0 saturated heterocycles. The van der Waals surface area contributed by atoms with E-state index in [1.807, 2.05) is 6.07 Å². The van der Waals surface area contributed by atoms with Crippen LogP contribution < -0.4 is 15.4 Å². The third-order valence-corrected chi connectivity index (χ3v) is 4.24. The Balaban J connectivity index is 2.20. The number of fused-ring (bicyclic) bond motifs is 1. The lowest BCUT2D eigenvalue weighted by Crippen LogP contribution is -2.46. The van der Waals surface area contributed by atoms with E-state index in [4.69, 9.17) is 15.7 Å². The van der Waals surface area contributed by atoms with Crippen LogP contribution in [-0.4, -0.2) is 13.0 Å². The number of hydrogen-bond donors (Lipinski definition) is 1. The molecule has 122 valence electrons. The van der Waals surface area contributed by atoms with Gasteiger partial charge in [-0.1, -0.05) is 18.2 Å². The van der Waals surface area contributed by atoms with Crippen molar-refractivity contribution in [2.24, 2.45) is 5.73 Å². The Labute approximate surface area is 139 Å². The van der Waals surface area contributed by atoms with Gasteiger partial charge in [0, 0.05) is 18.1 Å². The van der Waals surface area contributed by atoms with Crippen molar-refractivity contribution in [3.8, 4) is 11.8 Å². The van der Waals surface area contributed by atoms with Gasteiger partial charge in [0.25, 0.3) is 5.91 Å². The number of nitrogens with zero attached hydrogens (tertiary/aromatic N) is 2. The Morgan fingerprint density at radius 3 is 2.71 bits per heavy atom. The monoisotopic (exact) mass is 325 g/mol. The molecule has 3 rings (SSSR count). The fourth-order valence-electron chi connectivity index (χ4n) is 2.99. The zero-order valence-corrected chi connectivity index (χ0v) is 13.1. The Hall–Kier alpha value is -2.91. The molecule has 2 aromatic rings. The van der Waals surface area contributed by atoms with Crippen LogP contribution in [0.1, 0.15) is 18.4 Å². The molecule has 1 amide bonds. The van der Waals surface area contributed by atoms with Crippen LogP contribution in [0.2, 0.25) is 0 Å². The quantitative estimate of drug-likeness (QED) is 0.937. The van der Waals surface area contributed by atoms with Crippen molar-refractivity contribution in [1.29, 1.82) is 5.26 Å². The highest BCUT2D eigenvalue weighted by Gasteiger charge is 2.49. The molecule has 0 aromatic heterocycles. The fraction of sp³-hybridized carbons (Fsp3) is 0.222. The van der Waals surface area contributed by atoms with Crippen molar-refractivity contribution in [3.05, 3.63) is 53.8 Å². The molecule has 1 heterocycles. The van der Waals surface area contributed by atoms with Crippen LogP contribution in [0.3, 0.4) is 0 Å². The maximum Gasteiger partial charge on any atom is 0.256 e. The maximum absolute atomic E-state index is 14.3. The molecule has 2 N–H and O–H groups in total. The van der Waals surface area contributed by atoms with Gasteiger partial charge in [-0.3, -0.25) is 9.69 Å². The molecule has 24 heavy (non-hydrogen) atoms. The third kappa shape index (κ3) is 2.30. The van der Waals surface area contributed by atoms with Crippen LogP contribution in [0.5, 0.6) is 5.75 Å². The van der Waals surface area contributed by atoms with Gasteiger partial charge < -0.3 is 10.5 Å². The van der Waals surface area contributed by atoms with Gasteiger partial charge in [0.1, 0.15) is 17.1 Å². The lowest BCUT2D eigenvalue weighted by molar-refractivity contribution is -0.122. The summed E-state index contributed by atoms with van der Waals surface area (Å²) in [4.78, 5) is 14.3. The highest BCUT2D eigenvalue weighted by atomic mass is 19.1. The highest BCUT2D eigenvalue weighted by Crippen LogP contribution is 2.46. The van der Waals surface area contributed by atoms with Gasteiger partial charge in [0.2, 0.25) is 0 Å². The smallest absolute Gasteiger partial charge is 0.256 e. The summed E-state index contributed by atoms with van der Waals surface area (Å²) in [5.41, 5.74) is 6.17. The number of para-hydroxylation sites is 1. The normalized spacial score (nSPS) is 19.1. The summed E-state index contributed by atoms with van der Waals surface area (Å²) in [6.45, 7) is 0. The first kappa shape index (κ1) is 16.0. The predicted octanol–water partition coefficient (Wildman–Crippen LogP) is 2.97. The topological polar surface area (TPSA) is 79.3 Å². The Bertz CT molecular complexity index is 846. The van der Waals surface area contributed by atoms with Crippen molar-refractivity contribution in [3.63, 3.8) is 0 Å². The van der Waals surface area contributed by atoms with Crippen LogP contribution in [0.25, 0.3) is 0 Å². The van der Waals surface area contributed by atoms with E-state index < -0.39 is 17.3 Å². The van der Waals surface area contributed by atoms with Crippen molar-refractivity contribution in [1.82, 2.24) is 0 Å². The molecule has 6 heteroatoms. The molecule has 0 saturated carbocycles. The van der Waals surface area contributed by atoms with Gasteiger partial charge in [-0.25, -0.2) is 4.39 Å². The lowest BCUT2D eigenvalue weighted by Gasteiger charge is -2.23. The van der Waals surface area contributed by atoms with Crippen molar-refractivity contribution < 1.29 is 13.9 Å². The van der Waals surface area contributed by atoms with Gasteiger partial charge in [0.15, 0.2) is 0 Å². The first-order valence-electron chi connectivity index (χ1n) is 7.46. The number of nitrogens with two attached hydrogens (primary N) is 1. The van der Waals surface area contributed by atoms with Gasteiger partial charge in [-0.2, -0.15) is 5.26 Å². The van der Waals surface area contributed by atoms with Gasteiger partial charge in [-0.05, 0) is 24.6 Å². The van der Waals surface area contributed by atoms with E-state index in [0.717, 1.165) is 0 Å². The number of nitriles is 1. The largest absolute Gasteiger partial charge is 0.497 e. The highest BCUT2D eigenvalue weighted by molar-refractivity contribution is 6.12. The summed E-state index contributed by atoms with van der Waals surface area (Å²) in [6.07, 6.45) is 0.283. The number of carbonyl (C=O) groups is 1. The second-order valence-electron chi connectivity index (χ2n) is 5.60. The fourth-order valence-corrected chi connectivity index (χ4v) is 2.99. The molecule has 5 nitrogen and oxygen atoms in total. The molecule has 1 aliphatic rings. The van der Waals surface area contributed by atoms with E-state index in [2.05, 4.69) is 0 Å². The third-order valence-electron chi connectivity index (χ3n) is 4.24. The van der Waals surface area contributed by atoms with Crippen LogP contribution in [0, 0.1) is 17.1 Å². The van der Waals surface area contributed by atoms with Crippen LogP contribution in [-0.2, 0) is 10.3 Å². The molecular formula is C18H16FN3O2. The number of rotatable bonds is 4. The zero-order valence-electron chi connectivity index (χ0n) is 13.1. The van der Waals surface area contributed by atoms with Crippen LogP contribution >= 0.6 is 0 Å². The average molecular weight is 325 g/mol. The average Bonchev–Trinajstić information content (AvgIpc) is 2.81. The van der Waals surface area contributed by atoms with Crippen LogP contribution in [0.15, 0.2) is 42.5 Å². The summed E-state index contributed by atoms with van der Waals surface area (Å²) < 4.78 is 19.5. The van der Waals surface area contributed by atoms with E-state index in [1.54, 1.807) is 30.3 Å². The number of anilines is 2. The first-order valence-corrected chi connectivity index (χ1v) is 7.46. The number of halogens is 1. The number of carbonyl (C=O) groups excluding carboxylic acids is 1. The number of amides is 1. The standard InChI is InChI=1S/C18H16FN3O2/c1-24-12-7-8-13-16(11-12)22(15-6-3-2-5-14(15)19)17(23)18(13,21)9-4-10-20/h2-3,5-8,11H,4,9,21H2,1H3/t18-/m0/s1. The summed E-state index contributed by atoms with van der Waals surface area (Å²) in [5, 5.41) is 8.87. The van der Waals surface area contributed by atoms with E-state index in [9.17, 15) is 9.18 Å². The second kappa shape index (κ2) is 5.95. The number of ether oxygens (including phenoxy) is 1. The predicted molar refractivity (Wildman–Crippen MR) is 87.3 cm³/mol. The lowest BCUT2D eigenvalue weighted by atomic mass is 9.88. The second-order valence-corrected chi connectivity index (χ2v) is 5.60. The van der Waals surface area contributed by atoms with Crippen LogP contribution in [0.4, 0.5) is 15.8 Å². The summed E-state index contributed by atoms with van der Waals surface area (Å²) >= 11 is 0. The molecule has 1 atom stereocenters. The molecule has 0 bridgehead atoms. The zero-order chi connectivity index (χ0) is 17.3. The molecule has 0 fully saturated rings. The molecular weight excluding hydrogens is 309 g/mol. The van der Waals surface area contributed by atoms with Crippen molar-refractivity contribution >= 4 is 17.3 Å². The minimum absolute atomic E-state index is 0.124. The Kier molecular flexibility index (Phi) is 3.96. The maximum atomic E-state index is 14.3. The van der Waals surface area contributed by atoms with Gasteiger partial charge in [-0.15, -0.1) is 0 Å². The Morgan fingerprint density at radius 2 is 2.04 bits per heavy atom. The van der Waals surface area contributed by atoms with Gasteiger partial charge in [0.05, 0.1) is 24.6 Å². The number of hydrogen-bond acceptors (Lipinski definition) is 4. The molecule has 0 aliphatic carbocycles. The van der Waals surface area contributed by atoms with E-state index in [-0.39, 0.29) is 18.5 Å². The van der Waals surface area contributed by atoms with Gasteiger partial charge >= 0.3 is 0 Å².